The summed E-state index contributed by atoms with van der Waals surface area (Å²) >= 11 is 0. The van der Waals surface area contributed by atoms with Gasteiger partial charge in [-0.25, -0.2) is 0 Å². The summed E-state index contributed by atoms with van der Waals surface area (Å²) in [5.74, 6) is 0.296. The van der Waals surface area contributed by atoms with Crippen molar-refractivity contribution >= 4 is 11.8 Å². The maximum absolute atomic E-state index is 12.0. The summed E-state index contributed by atoms with van der Waals surface area (Å²) in [5.41, 5.74) is 0. The van der Waals surface area contributed by atoms with Crippen LogP contribution in [0.5, 0.6) is 0 Å². The highest BCUT2D eigenvalue weighted by molar-refractivity contribution is 5.82. The maximum Gasteiger partial charge on any atom is 0.238 e. The van der Waals surface area contributed by atoms with E-state index in [1.807, 2.05) is 25.7 Å². The molecule has 1 aliphatic rings. The number of likely N-dealkylation sites (N-methyl/N-ethyl adjacent to an activating group) is 1. The summed E-state index contributed by atoms with van der Waals surface area (Å²) in [6, 6.07) is -0.109. The Hall–Kier alpha value is -1.14. The molecule has 1 unspecified atom stereocenters. The van der Waals surface area contributed by atoms with Gasteiger partial charge in [-0.2, -0.15) is 0 Å². The first kappa shape index (κ1) is 17.9. The van der Waals surface area contributed by atoms with Crippen molar-refractivity contribution in [2.75, 3.05) is 45.8 Å². The number of nitrogens with one attached hydrogen (secondary N) is 2. The van der Waals surface area contributed by atoms with Crippen LogP contribution in [-0.2, 0) is 9.59 Å². The molecule has 1 aliphatic heterocycles. The minimum atomic E-state index is -0.109. The van der Waals surface area contributed by atoms with Crippen molar-refractivity contribution in [2.24, 2.45) is 0 Å². The Morgan fingerprint density at radius 2 is 2.00 bits per heavy atom. The molecular weight excluding hydrogens is 268 g/mol. The number of carbonyl (C=O) groups excluding carboxylic acids is 2. The highest BCUT2D eigenvalue weighted by Gasteiger charge is 2.27. The van der Waals surface area contributed by atoms with E-state index in [2.05, 4.69) is 15.5 Å². The predicted molar refractivity (Wildman–Crippen MR) is 84.1 cm³/mol. The largest absolute Gasteiger partial charge is 0.355 e. The molecule has 1 rings (SSSR count). The van der Waals surface area contributed by atoms with Gasteiger partial charge in [0.05, 0.1) is 0 Å². The van der Waals surface area contributed by atoms with Gasteiger partial charge in [0.2, 0.25) is 11.8 Å². The Labute approximate surface area is 128 Å². The lowest BCUT2D eigenvalue weighted by Crippen LogP contribution is -2.58. The molecule has 1 fully saturated rings. The number of hydrogen-bond acceptors (Lipinski definition) is 4. The molecule has 6 heteroatoms. The molecule has 122 valence electrons. The molecular formula is C15H30N4O2. The second-order valence-electron chi connectivity index (χ2n) is 5.32. The van der Waals surface area contributed by atoms with Gasteiger partial charge in [-0.15, -0.1) is 0 Å². The number of piperazine rings is 1. The highest BCUT2D eigenvalue weighted by atomic mass is 16.2. The standard InChI is InChI=1S/C15H30N4O2/c1-4-17-15(21)13-12-16-9-11-19(13)10-7-8-14(20)18(5-2)6-3/h13,16H,4-12H2,1-3H3,(H,17,21). The van der Waals surface area contributed by atoms with E-state index in [4.69, 9.17) is 0 Å². The Morgan fingerprint density at radius 3 is 2.62 bits per heavy atom. The van der Waals surface area contributed by atoms with Gasteiger partial charge in [-0.05, 0) is 33.7 Å². The van der Waals surface area contributed by atoms with E-state index in [1.165, 1.54) is 0 Å². The molecule has 2 N–H and O–H groups in total. The molecule has 0 aromatic rings. The molecule has 0 aliphatic carbocycles. The first-order valence-electron chi connectivity index (χ1n) is 8.14. The van der Waals surface area contributed by atoms with Crippen LogP contribution in [-0.4, -0.2) is 73.5 Å². The summed E-state index contributed by atoms with van der Waals surface area (Å²) in [7, 11) is 0. The molecule has 0 radical (unpaired) electrons. The smallest absolute Gasteiger partial charge is 0.238 e. The van der Waals surface area contributed by atoms with Crippen molar-refractivity contribution in [3.8, 4) is 0 Å². The van der Waals surface area contributed by atoms with E-state index in [0.717, 1.165) is 39.1 Å². The Kier molecular flexibility index (Phi) is 8.30. The molecule has 1 saturated heterocycles. The fourth-order valence-electron chi connectivity index (χ4n) is 2.73. The topological polar surface area (TPSA) is 64.7 Å². The van der Waals surface area contributed by atoms with Crippen molar-refractivity contribution in [1.29, 1.82) is 0 Å². The minimum absolute atomic E-state index is 0.0831. The van der Waals surface area contributed by atoms with Crippen LogP contribution in [0.4, 0.5) is 0 Å². The van der Waals surface area contributed by atoms with E-state index in [0.29, 0.717) is 19.5 Å². The summed E-state index contributed by atoms with van der Waals surface area (Å²) < 4.78 is 0. The average molecular weight is 298 g/mol. The van der Waals surface area contributed by atoms with Gasteiger partial charge in [0.1, 0.15) is 6.04 Å². The van der Waals surface area contributed by atoms with Crippen molar-refractivity contribution in [3.05, 3.63) is 0 Å². The van der Waals surface area contributed by atoms with Crippen molar-refractivity contribution in [2.45, 2.75) is 39.7 Å². The van der Waals surface area contributed by atoms with Crippen molar-refractivity contribution in [1.82, 2.24) is 20.4 Å². The molecule has 0 aromatic heterocycles. The summed E-state index contributed by atoms with van der Waals surface area (Å²) in [5, 5.41) is 6.15. The van der Waals surface area contributed by atoms with Crippen LogP contribution in [0.25, 0.3) is 0 Å². The van der Waals surface area contributed by atoms with Crippen LogP contribution in [0, 0.1) is 0 Å². The molecule has 21 heavy (non-hydrogen) atoms. The molecule has 0 spiro atoms. The Bertz CT molecular complexity index is 332. The molecule has 6 nitrogen and oxygen atoms in total. The summed E-state index contributed by atoms with van der Waals surface area (Å²) in [6.45, 7) is 11.4. The number of nitrogens with zero attached hydrogens (tertiary/aromatic N) is 2. The fourth-order valence-corrected chi connectivity index (χ4v) is 2.73. The lowest BCUT2D eigenvalue weighted by molar-refractivity contribution is -0.131. The first-order chi connectivity index (χ1) is 10.1. The van der Waals surface area contributed by atoms with E-state index in [1.54, 1.807) is 0 Å². The SMILES string of the molecule is CCNC(=O)C1CNCCN1CCCC(=O)N(CC)CC. The first-order valence-corrected chi connectivity index (χ1v) is 8.14. The zero-order valence-electron chi connectivity index (χ0n) is 13.7. The highest BCUT2D eigenvalue weighted by Crippen LogP contribution is 2.07. The molecule has 1 heterocycles. The van der Waals surface area contributed by atoms with E-state index in [9.17, 15) is 9.59 Å². The van der Waals surface area contributed by atoms with E-state index >= 15 is 0 Å². The van der Waals surface area contributed by atoms with Crippen LogP contribution < -0.4 is 10.6 Å². The van der Waals surface area contributed by atoms with E-state index in [-0.39, 0.29) is 17.9 Å². The van der Waals surface area contributed by atoms with Crippen LogP contribution in [0.3, 0.4) is 0 Å². The monoisotopic (exact) mass is 298 g/mol. The lowest BCUT2D eigenvalue weighted by atomic mass is 10.1. The lowest BCUT2D eigenvalue weighted by Gasteiger charge is -2.35. The van der Waals surface area contributed by atoms with Crippen molar-refractivity contribution < 1.29 is 9.59 Å². The van der Waals surface area contributed by atoms with Crippen LogP contribution >= 0.6 is 0 Å². The summed E-state index contributed by atoms with van der Waals surface area (Å²) in [6.07, 6.45) is 1.37. The van der Waals surface area contributed by atoms with Crippen LogP contribution in [0.15, 0.2) is 0 Å². The Balaban J connectivity index is 2.40. The second kappa shape index (κ2) is 9.73. The molecule has 0 bridgehead atoms. The number of rotatable bonds is 8. The second-order valence-corrected chi connectivity index (χ2v) is 5.32. The maximum atomic E-state index is 12.0. The predicted octanol–water partition coefficient (Wildman–Crippen LogP) is 0.0449. The number of amides is 2. The van der Waals surface area contributed by atoms with Gasteiger partial charge in [0, 0.05) is 45.7 Å². The molecule has 2 amide bonds. The average Bonchev–Trinajstić information content (AvgIpc) is 2.49. The third-order valence-electron chi connectivity index (χ3n) is 3.96. The number of hydrogen-bond donors (Lipinski definition) is 2. The normalized spacial score (nSPS) is 19.3. The third kappa shape index (κ3) is 5.63. The molecule has 0 saturated carbocycles. The fraction of sp³-hybridized carbons (Fsp3) is 0.867. The zero-order chi connectivity index (χ0) is 15.7. The van der Waals surface area contributed by atoms with Crippen LogP contribution in [0.2, 0.25) is 0 Å². The molecule has 1 atom stereocenters. The quantitative estimate of drug-likeness (QED) is 0.664. The van der Waals surface area contributed by atoms with Gasteiger partial charge in [-0.1, -0.05) is 0 Å². The van der Waals surface area contributed by atoms with Crippen molar-refractivity contribution in [3.63, 3.8) is 0 Å². The van der Waals surface area contributed by atoms with Gasteiger partial charge in [0.25, 0.3) is 0 Å². The minimum Gasteiger partial charge on any atom is -0.355 e. The zero-order valence-corrected chi connectivity index (χ0v) is 13.7. The van der Waals surface area contributed by atoms with Gasteiger partial charge in [-0.3, -0.25) is 14.5 Å². The summed E-state index contributed by atoms with van der Waals surface area (Å²) in [4.78, 5) is 28.1. The third-order valence-corrected chi connectivity index (χ3v) is 3.96. The van der Waals surface area contributed by atoms with Crippen LogP contribution in [0.1, 0.15) is 33.6 Å². The Morgan fingerprint density at radius 1 is 1.29 bits per heavy atom. The number of carbonyl (C=O) groups is 2. The van der Waals surface area contributed by atoms with Gasteiger partial charge < -0.3 is 15.5 Å². The van der Waals surface area contributed by atoms with Gasteiger partial charge in [0.15, 0.2) is 0 Å². The van der Waals surface area contributed by atoms with E-state index < -0.39 is 0 Å². The molecule has 0 aromatic carbocycles. The van der Waals surface area contributed by atoms with Gasteiger partial charge >= 0.3 is 0 Å².